The molecule has 1 N–H and O–H groups in total. The number of halogens is 2. The molecule has 0 spiro atoms. The van der Waals surface area contributed by atoms with Crippen LogP contribution in [0.4, 0.5) is 8.78 Å². The van der Waals surface area contributed by atoms with Crippen molar-refractivity contribution < 1.29 is 8.78 Å². The van der Waals surface area contributed by atoms with E-state index in [4.69, 9.17) is 0 Å². The highest BCUT2D eigenvalue weighted by Crippen LogP contribution is 2.20. The summed E-state index contributed by atoms with van der Waals surface area (Å²) in [5.74, 6) is -2.78. The Labute approximate surface area is 93.4 Å². The van der Waals surface area contributed by atoms with E-state index in [1.54, 1.807) is 0 Å². The predicted octanol–water partition coefficient (Wildman–Crippen LogP) is 2.26. The minimum absolute atomic E-state index is 0.0232. The summed E-state index contributed by atoms with van der Waals surface area (Å²) in [7, 11) is 0. The van der Waals surface area contributed by atoms with E-state index >= 15 is 0 Å². The molecule has 1 aromatic rings. The van der Waals surface area contributed by atoms with E-state index in [2.05, 4.69) is 10.3 Å². The SMILES string of the molecule is FC1(F)CNCCC1=NCc1ccccc1. The van der Waals surface area contributed by atoms with E-state index in [1.807, 2.05) is 30.3 Å². The molecule has 16 heavy (non-hydrogen) atoms. The maximum atomic E-state index is 13.4. The van der Waals surface area contributed by atoms with E-state index in [1.165, 1.54) is 0 Å². The Balaban J connectivity index is 2.06. The number of alkyl halides is 2. The molecule has 1 aliphatic heterocycles. The molecule has 0 aromatic heterocycles. The Hall–Kier alpha value is -1.29. The van der Waals surface area contributed by atoms with Crippen molar-refractivity contribution in [1.29, 1.82) is 0 Å². The fourth-order valence-electron chi connectivity index (χ4n) is 1.70. The fourth-order valence-corrected chi connectivity index (χ4v) is 1.70. The van der Waals surface area contributed by atoms with Crippen molar-refractivity contribution in [3.8, 4) is 0 Å². The zero-order chi connectivity index (χ0) is 11.4. The summed E-state index contributed by atoms with van der Waals surface area (Å²) in [6.45, 7) is 0.635. The van der Waals surface area contributed by atoms with Gasteiger partial charge < -0.3 is 5.32 Å². The summed E-state index contributed by atoms with van der Waals surface area (Å²) in [5, 5.41) is 2.67. The number of aliphatic imine (C=N–C) groups is 1. The number of hydrogen-bond acceptors (Lipinski definition) is 2. The molecule has 0 saturated carbocycles. The van der Waals surface area contributed by atoms with Gasteiger partial charge in [-0.05, 0) is 5.56 Å². The third-order valence-electron chi connectivity index (χ3n) is 2.60. The molecule has 1 saturated heterocycles. The van der Waals surface area contributed by atoms with Gasteiger partial charge >= 0.3 is 0 Å². The van der Waals surface area contributed by atoms with Crippen molar-refractivity contribution in [2.75, 3.05) is 13.1 Å². The topological polar surface area (TPSA) is 24.4 Å². The van der Waals surface area contributed by atoms with E-state index in [-0.39, 0.29) is 12.3 Å². The second kappa shape index (κ2) is 4.70. The first-order valence-electron chi connectivity index (χ1n) is 5.35. The molecule has 1 aliphatic rings. The molecule has 0 radical (unpaired) electrons. The van der Waals surface area contributed by atoms with Gasteiger partial charge in [-0.2, -0.15) is 8.78 Å². The van der Waals surface area contributed by atoms with Crippen LogP contribution in [0, 0.1) is 0 Å². The van der Waals surface area contributed by atoms with Crippen LogP contribution in [0.1, 0.15) is 12.0 Å². The molecule has 0 unspecified atom stereocenters. The molecule has 1 aromatic carbocycles. The van der Waals surface area contributed by atoms with Crippen LogP contribution in [-0.2, 0) is 6.54 Å². The highest BCUT2D eigenvalue weighted by molar-refractivity contribution is 5.92. The van der Waals surface area contributed by atoms with Crippen LogP contribution in [-0.4, -0.2) is 24.7 Å². The summed E-state index contributed by atoms with van der Waals surface area (Å²) in [5.41, 5.74) is 0.986. The lowest BCUT2D eigenvalue weighted by Crippen LogP contribution is -2.46. The summed E-state index contributed by atoms with van der Waals surface area (Å²) in [4.78, 5) is 4.03. The fraction of sp³-hybridized carbons (Fsp3) is 0.417. The van der Waals surface area contributed by atoms with E-state index in [0.717, 1.165) is 5.56 Å². The lowest BCUT2D eigenvalue weighted by atomic mass is 10.1. The Morgan fingerprint density at radius 2 is 2.00 bits per heavy atom. The van der Waals surface area contributed by atoms with Crippen molar-refractivity contribution >= 4 is 5.71 Å². The number of piperidine rings is 1. The van der Waals surface area contributed by atoms with Crippen molar-refractivity contribution in [3.63, 3.8) is 0 Å². The normalized spacial score (nSPS) is 22.2. The minimum Gasteiger partial charge on any atom is -0.310 e. The van der Waals surface area contributed by atoms with Gasteiger partial charge in [0.25, 0.3) is 5.92 Å². The van der Waals surface area contributed by atoms with E-state index < -0.39 is 5.92 Å². The van der Waals surface area contributed by atoms with Gasteiger partial charge in [0.2, 0.25) is 0 Å². The van der Waals surface area contributed by atoms with Crippen LogP contribution >= 0.6 is 0 Å². The molecule has 0 bridgehead atoms. The van der Waals surface area contributed by atoms with Crippen molar-refractivity contribution in [1.82, 2.24) is 5.32 Å². The lowest BCUT2D eigenvalue weighted by molar-refractivity contribution is 0.0676. The zero-order valence-corrected chi connectivity index (χ0v) is 8.92. The maximum Gasteiger partial charge on any atom is 0.297 e. The van der Waals surface area contributed by atoms with Crippen LogP contribution in [0.25, 0.3) is 0 Å². The van der Waals surface area contributed by atoms with Crippen molar-refractivity contribution in [2.24, 2.45) is 4.99 Å². The maximum absolute atomic E-state index is 13.4. The van der Waals surface area contributed by atoms with Crippen LogP contribution in [0.2, 0.25) is 0 Å². The van der Waals surface area contributed by atoms with Gasteiger partial charge in [-0.25, -0.2) is 0 Å². The highest BCUT2D eigenvalue weighted by atomic mass is 19.3. The van der Waals surface area contributed by atoms with Gasteiger partial charge in [0.05, 0.1) is 18.8 Å². The van der Waals surface area contributed by atoms with Gasteiger partial charge in [-0.3, -0.25) is 4.99 Å². The van der Waals surface area contributed by atoms with Crippen LogP contribution in [0.5, 0.6) is 0 Å². The third-order valence-corrected chi connectivity index (χ3v) is 2.60. The highest BCUT2D eigenvalue weighted by Gasteiger charge is 2.37. The molecule has 2 rings (SSSR count). The molecule has 0 amide bonds. The molecule has 1 fully saturated rings. The summed E-state index contributed by atoms with van der Waals surface area (Å²) >= 11 is 0. The summed E-state index contributed by atoms with van der Waals surface area (Å²) in [6.07, 6.45) is 0.333. The number of nitrogens with zero attached hydrogens (tertiary/aromatic N) is 1. The molecular weight excluding hydrogens is 210 g/mol. The summed E-state index contributed by atoms with van der Waals surface area (Å²) in [6, 6.07) is 9.45. The number of rotatable bonds is 2. The predicted molar refractivity (Wildman–Crippen MR) is 60.0 cm³/mol. The molecular formula is C12H14F2N2. The van der Waals surface area contributed by atoms with Crippen LogP contribution < -0.4 is 5.32 Å². The number of hydrogen-bond donors (Lipinski definition) is 1. The van der Waals surface area contributed by atoms with Gasteiger partial charge in [0, 0.05) is 13.0 Å². The first-order chi connectivity index (χ1) is 7.68. The Morgan fingerprint density at radius 1 is 1.25 bits per heavy atom. The molecule has 4 heteroatoms. The van der Waals surface area contributed by atoms with Crippen LogP contribution in [0.3, 0.4) is 0 Å². The second-order valence-corrected chi connectivity index (χ2v) is 3.88. The van der Waals surface area contributed by atoms with E-state index in [0.29, 0.717) is 19.5 Å². The Morgan fingerprint density at radius 3 is 2.69 bits per heavy atom. The second-order valence-electron chi connectivity index (χ2n) is 3.88. The standard InChI is InChI=1S/C12H14F2N2/c13-12(14)9-15-7-6-11(12)16-8-10-4-2-1-3-5-10/h1-5,15H,6-9H2. The molecule has 0 aliphatic carbocycles. The zero-order valence-electron chi connectivity index (χ0n) is 8.92. The molecule has 86 valence electrons. The van der Waals surface area contributed by atoms with Gasteiger partial charge in [-0.1, -0.05) is 30.3 Å². The average Bonchev–Trinajstić information content (AvgIpc) is 2.28. The van der Waals surface area contributed by atoms with Gasteiger partial charge in [-0.15, -0.1) is 0 Å². The largest absolute Gasteiger partial charge is 0.310 e. The first kappa shape index (κ1) is 11.2. The third kappa shape index (κ3) is 2.64. The molecule has 0 atom stereocenters. The minimum atomic E-state index is -2.78. The van der Waals surface area contributed by atoms with Crippen molar-refractivity contribution in [2.45, 2.75) is 18.9 Å². The average molecular weight is 224 g/mol. The smallest absolute Gasteiger partial charge is 0.297 e. The van der Waals surface area contributed by atoms with Crippen LogP contribution in [0.15, 0.2) is 35.3 Å². The van der Waals surface area contributed by atoms with Crippen molar-refractivity contribution in [3.05, 3.63) is 35.9 Å². The number of benzene rings is 1. The van der Waals surface area contributed by atoms with Gasteiger partial charge in [0.1, 0.15) is 0 Å². The number of nitrogens with one attached hydrogen (secondary N) is 1. The van der Waals surface area contributed by atoms with E-state index in [9.17, 15) is 8.78 Å². The quantitative estimate of drug-likeness (QED) is 0.818. The van der Waals surface area contributed by atoms with Gasteiger partial charge in [0.15, 0.2) is 0 Å². The monoisotopic (exact) mass is 224 g/mol. The Kier molecular flexibility index (Phi) is 3.29. The molecule has 2 nitrogen and oxygen atoms in total. The summed E-state index contributed by atoms with van der Waals surface area (Å²) < 4.78 is 26.8. The first-order valence-corrected chi connectivity index (χ1v) is 5.35. The molecule has 1 heterocycles. The lowest BCUT2D eigenvalue weighted by Gasteiger charge is -2.24. The Bertz CT molecular complexity index is 374.